The lowest BCUT2D eigenvalue weighted by Crippen LogP contribution is -2.49. The fourth-order valence-electron chi connectivity index (χ4n) is 3.02. The molecule has 1 aromatic carbocycles. The van der Waals surface area contributed by atoms with Crippen molar-refractivity contribution in [1.29, 1.82) is 0 Å². The predicted molar refractivity (Wildman–Crippen MR) is 101 cm³/mol. The van der Waals surface area contributed by atoms with Gasteiger partial charge in [0, 0.05) is 51.7 Å². The molecule has 1 aliphatic rings. The number of imidazole rings is 1. The van der Waals surface area contributed by atoms with Gasteiger partial charge in [-0.05, 0) is 23.8 Å². The van der Waals surface area contributed by atoms with Gasteiger partial charge in [-0.25, -0.2) is 4.98 Å². The Bertz CT molecular complexity index is 792. The Morgan fingerprint density at radius 3 is 2.46 bits per heavy atom. The summed E-state index contributed by atoms with van der Waals surface area (Å²) in [5, 5.41) is 0. The Labute approximate surface area is 153 Å². The number of nitrogens with zero attached hydrogens (tertiary/aromatic N) is 4. The molecule has 0 atom stereocenters. The van der Waals surface area contributed by atoms with Gasteiger partial charge in [0.2, 0.25) is 11.9 Å². The topological polar surface area (TPSA) is 59.8 Å². The molecule has 7 nitrogen and oxygen atoms in total. The number of aromatic nitrogens is 2. The molecule has 0 radical (unpaired) electrons. The van der Waals surface area contributed by atoms with Crippen LogP contribution in [0.15, 0.2) is 36.7 Å². The Balaban J connectivity index is 1.59. The van der Waals surface area contributed by atoms with Crippen LogP contribution in [-0.2, 0) is 11.8 Å². The number of benzene rings is 1. The molecule has 3 rings (SSSR count). The highest BCUT2D eigenvalue weighted by Crippen LogP contribution is 2.28. The van der Waals surface area contributed by atoms with Gasteiger partial charge >= 0.3 is 0 Å². The van der Waals surface area contributed by atoms with Crippen molar-refractivity contribution in [2.45, 2.75) is 0 Å². The molecular weight excluding hydrogens is 332 g/mol. The van der Waals surface area contributed by atoms with Gasteiger partial charge in [-0.3, -0.25) is 4.79 Å². The SMILES string of the molecule is COc1ccc(/C=C\C(=O)N2CCN(c3nccn3C)CC2)cc1OC. The smallest absolute Gasteiger partial charge is 0.246 e. The standard InChI is InChI=1S/C19H24N4O3/c1-21-9-8-20-19(21)23-12-10-22(11-13-23)18(24)7-5-15-4-6-16(25-2)17(14-15)26-3/h4-9,14H,10-13H2,1-3H3/b7-5-. The third kappa shape index (κ3) is 3.82. The molecule has 1 saturated heterocycles. The normalized spacial score (nSPS) is 14.7. The number of piperazine rings is 1. The number of carbonyl (C=O) groups excluding carboxylic acids is 1. The van der Waals surface area contributed by atoms with E-state index in [-0.39, 0.29) is 5.91 Å². The van der Waals surface area contributed by atoms with Crippen LogP contribution in [-0.4, -0.2) is 60.8 Å². The van der Waals surface area contributed by atoms with Crippen molar-refractivity contribution >= 4 is 17.9 Å². The minimum absolute atomic E-state index is 0.0132. The van der Waals surface area contributed by atoms with Crippen molar-refractivity contribution in [3.63, 3.8) is 0 Å². The number of methoxy groups -OCH3 is 2. The van der Waals surface area contributed by atoms with Crippen LogP contribution in [0, 0.1) is 0 Å². The summed E-state index contributed by atoms with van der Waals surface area (Å²) < 4.78 is 12.5. The first-order valence-corrected chi connectivity index (χ1v) is 8.53. The molecule has 138 valence electrons. The molecule has 7 heteroatoms. The van der Waals surface area contributed by atoms with Gasteiger partial charge in [-0.1, -0.05) is 6.07 Å². The fraction of sp³-hybridized carbons (Fsp3) is 0.368. The monoisotopic (exact) mass is 356 g/mol. The number of hydrogen-bond donors (Lipinski definition) is 0. The van der Waals surface area contributed by atoms with E-state index in [2.05, 4.69) is 9.88 Å². The van der Waals surface area contributed by atoms with Crippen LogP contribution in [0.5, 0.6) is 11.5 Å². The number of amides is 1. The maximum atomic E-state index is 12.5. The van der Waals surface area contributed by atoms with E-state index >= 15 is 0 Å². The molecule has 1 fully saturated rings. The Hall–Kier alpha value is -2.96. The second kappa shape index (κ2) is 7.95. The number of anilines is 1. The fourth-order valence-corrected chi connectivity index (χ4v) is 3.02. The molecule has 0 unspecified atom stereocenters. The lowest BCUT2D eigenvalue weighted by Gasteiger charge is -2.34. The van der Waals surface area contributed by atoms with Crippen molar-refractivity contribution in [2.24, 2.45) is 7.05 Å². The highest BCUT2D eigenvalue weighted by Gasteiger charge is 2.21. The summed E-state index contributed by atoms with van der Waals surface area (Å²) in [6.45, 7) is 2.92. The molecule has 0 saturated carbocycles. The first-order valence-electron chi connectivity index (χ1n) is 8.53. The van der Waals surface area contributed by atoms with Crippen molar-refractivity contribution in [2.75, 3.05) is 45.3 Å². The van der Waals surface area contributed by atoms with Crippen molar-refractivity contribution in [3.8, 4) is 11.5 Å². The van der Waals surface area contributed by atoms with Gasteiger partial charge < -0.3 is 23.8 Å². The van der Waals surface area contributed by atoms with E-state index in [1.807, 2.05) is 40.9 Å². The van der Waals surface area contributed by atoms with Gasteiger partial charge in [0.05, 0.1) is 14.2 Å². The highest BCUT2D eigenvalue weighted by atomic mass is 16.5. The summed E-state index contributed by atoms with van der Waals surface area (Å²) in [7, 11) is 5.17. The van der Waals surface area contributed by atoms with Crippen LogP contribution in [0.25, 0.3) is 6.08 Å². The van der Waals surface area contributed by atoms with E-state index in [0.717, 1.165) is 24.6 Å². The summed E-state index contributed by atoms with van der Waals surface area (Å²) in [6, 6.07) is 5.57. The molecule has 26 heavy (non-hydrogen) atoms. The van der Waals surface area contributed by atoms with Crippen LogP contribution in [0.3, 0.4) is 0 Å². The maximum absolute atomic E-state index is 12.5. The average molecular weight is 356 g/mol. The van der Waals surface area contributed by atoms with Crippen molar-refractivity contribution in [3.05, 3.63) is 42.2 Å². The number of aryl methyl sites for hydroxylation is 1. The Morgan fingerprint density at radius 2 is 1.85 bits per heavy atom. The number of rotatable bonds is 5. The summed E-state index contributed by atoms with van der Waals surface area (Å²) in [5.41, 5.74) is 0.891. The van der Waals surface area contributed by atoms with E-state index in [4.69, 9.17) is 9.47 Å². The molecule has 1 aromatic heterocycles. The van der Waals surface area contributed by atoms with Gasteiger partial charge in [0.25, 0.3) is 0 Å². The molecule has 2 heterocycles. The molecule has 0 N–H and O–H groups in total. The molecule has 0 bridgehead atoms. The second-order valence-corrected chi connectivity index (χ2v) is 6.10. The van der Waals surface area contributed by atoms with Gasteiger partial charge in [0.15, 0.2) is 11.5 Å². The van der Waals surface area contributed by atoms with Gasteiger partial charge in [-0.15, -0.1) is 0 Å². The minimum atomic E-state index is 0.0132. The summed E-state index contributed by atoms with van der Waals surface area (Å²) >= 11 is 0. The van der Waals surface area contributed by atoms with Crippen LogP contribution in [0.2, 0.25) is 0 Å². The minimum Gasteiger partial charge on any atom is -0.493 e. The van der Waals surface area contributed by atoms with Crippen LogP contribution >= 0.6 is 0 Å². The first-order chi connectivity index (χ1) is 12.6. The molecule has 0 spiro atoms. The molecule has 1 amide bonds. The Morgan fingerprint density at radius 1 is 1.12 bits per heavy atom. The van der Waals surface area contributed by atoms with Crippen molar-refractivity contribution < 1.29 is 14.3 Å². The maximum Gasteiger partial charge on any atom is 0.246 e. The molecule has 0 aliphatic carbocycles. The molecule has 1 aliphatic heterocycles. The van der Waals surface area contributed by atoms with Gasteiger partial charge in [-0.2, -0.15) is 0 Å². The second-order valence-electron chi connectivity index (χ2n) is 6.10. The third-order valence-electron chi connectivity index (χ3n) is 4.50. The predicted octanol–water partition coefficient (Wildman–Crippen LogP) is 1.80. The van der Waals surface area contributed by atoms with E-state index < -0.39 is 0 Å². The lowest BCUT2D eigenvalue weighted by molar-refractivity contribution is -0.126. The quantitative estimate of drug-likeness (QED) is 0.765. The summed E-state index contributed by atoms with van der Waals surface area (Å²) in [5.74, 6) is 2.27. The van der Waals surface area contributed by atoms with Crippen LogP contribution in [0.4, 0.5) is 5.95 Å². The van der Waals surface area contributed by atoms with E-state index in [1.54, 1.807) is 32.6 Å². The zero-order valence-corrected chi connectivity index (χ0v) is 15.4. The Kier molecular flexibility index (Phi) is 5.46. The van der Waals surface area contributed by atoms with Gasteiger partial charge in [0.1, 0.15) is 0 Å². The highest BCUT2D eigenvalue weighted by molar-refractivity contribution is 5.92. The van der Waals surface area contributed by atoms with Crippen LogP contribution in [0.1, 0.15) is 5.56 Å². The third-order valence-corrected chi connectivity index (χ3v) is 4.50. The molecular formula is C19H24N4O3. The van der Waals surface area contributed by atoms with Crippen molar-refractivity contribution in [1.82, 2.24) is 14.5 Å². The average Bonchev–Trinajstić information content (AvgIpc) is 3.11. The van der Waals surface area contributed by atoms with Crippen LogP contribution < -0.4 is 14.4 Å². The summed E-state index contributed by atoms with van der Waals surface area (Å²) in [4.78, 5) is 20.9. The number of hydrogen-bond acceptors (Lipinski definition) is 5. The van der Waals surface area contributed by atoms with E-state index in [0.29, 0.717) is 24.6 Å². The van der Waals surface area contributed by atoms with E-state index in [9.17, 15) is 4.79 Å². The number of ether oxygens (including phenoxy) is 2. The first kappa shape index (κ1) is 17.8. The zero-order valence-electron chi connectivity index (χ0n) is 15.4. The largest absolute Gasteiger partial charge is 0.493 e. The summed E-state index contributed by atoms with van der Waals surface area (Å²) in [6.07, 6.45) is 7.13. The number of carbonyl (C=O) groups is 1. The molecule has 2 aromatic rings. The lowest BCUT2D eigenvalue weighted by atomic mass is 10.2. The zero-order chi connectivity index (χ0) is 18.5. The van der Waals surface area contributed by atoms with E-state index in [1.165, 1.54) is 0 Å².